The Labute approximate surface area is 87.6 Å². The molecule has 0 saturated carbocycles. The number of nitrogens with zero attached hydrogens (tertiary/aromatic N) is 2. The number of hydrogen-bond donors (Lipinski definition) is 1. The summed E-state index contributed by atoms with van der Waals surface area (Å²) >= 11 is 5.66. The average Bonchev–Trinajstić information content (AvgIpc) is 2.18. The van der Waals surface area contributed by atoms with Gasteiger partial charge < -0.3 is 0 Å². The number of hydrogen-bond acceptors (Lipinski definition) is 4. The van der Waals surface area contributed by atoms with Crippen LogP contribution in [0.15, 0.2) is 23.1 Å². The van der Waals surface area contributed by atoms with E-state index in [-0.39, 0.29) is 10.4 Å². The number of rotatable bonds is 1. The molecule has 6 nitrogen and oxygen atoms in total. The van der Waals surface area contributed by atoms with E-state index in [4.69, 9.17) is 11.6 Å². The van der Waals surface area contributed by atoms with Gasteiger partial charge in [-0.05, 0) is 12.1 Å². The lowest BCUT2D eigenvalue weighted by Gasteiger charge is -1.99. The Bertz CT molecular complexity index is 608. The molecular formula is C8H4ClN3O3. The first-order valence-corrected chi connectivity index (χ1v) is 4.29. The van der Waals surface area contributed by atoms with Gasteiger partial charge >= 0.3 is 5.69 Å². The van der Waals surface area contributed by atoms with Crippen molar-refractivity contribution in [3.63, 3.8) is 0 Å². The SMILES string of the molecule is O=c1cn[nH]c2ccc(Cl)c([N+](=O)[O-])c12. The monoisotopic (exact) mass is 225 g/mol. The molecule has 1 N–H and O–H groups in total. The summed E-state index contributed by atoms with van der Waals surface area (Å²) in [7, 11) is 0. The summed E-state index contributed by atoms with van der Waals surface area (Å²) in [5.74, 6) is 0. The summed E-state index contributed by atoms with van der Waals surface area (Å²) in [5.41, 5.74) is -0.630. The number of aromatic amines is 1. The van der Waals surface area contributed by atoms with Crippen LogP contribution in [0.4, 0.5) is 5.69 Å². The van der Waals surface area contributed by atoms with Gasteiger partial charge in [0.1, 0.15) is 10.4 Å². The van der Waals surface area contributed by atoms with Crippen LogP contribution in [-0.4, -0.2) is 15.1 Å². The second-order valence-electron chi connectivity index (χ2n) is 2.81. The van der Waals surface area contributed by atoms with Crippen molar-refractivity contribution in [2.75, 3.05) is 0 Å². The van der Waals surface area contributed by atoms with E-state index in [1.807, 2.05) is 0 Å². The van der Waals surface area contributed by atoms with E-state index in [9.17, 15) is 14.9 Å². The molecule has 1 aromatic heterocycles. The van der Waals surface area contributed by atoms with Gasteiger partial charge in [0.05, 0.1) is 16.6 Å². The van der Waals surface area contributed by atoms with Crippen molar-refractivity contribution in [2.24, 2.45) is 0 Å². The third-order valence-corrected chi connectivity index (χ3v) is 2.23. The van der Waals surface area contributed by atoms with Crippen LogP contribution in [-0.2, 0) is 0 Å². The normalized spacial score (nSPS) is 10.5. The van der Waals surface area contributed by atoms with E-state index in [1.165, 1.54) is 12.1 Å². The fraction of sp³-hybridized carbons (Fsp3) is 0. The first kappa shape index (κ1) is 9.60. The second-order valence-corrected chi connectivity index (χ2v) is 3.22. The Hall–Kier alpha value is -1.95. The van der Waals surface area contributed by atoms with E-state index in [0.717, 1.165) is 6.20 Å². The van der Waals surface area contributed by atoms with E-state index in [1.54, 1.807) is 0 Å². The first-order chi connectivity index (χ1) is 7.11. The maximum absolute atomic E-state index is 11.4. The Morgan fingerprint density at radius 2 is 2.20 bits per heavy atom. The largest absolute Gasteiger partial charge is 0.301 e. The third-order valence-electron chi connectivity index (χ3n) is 1.92. The van der Waals surface area contributed by atoms with Gasteiger partial charge in [0.25, 0.3) is 0 Å². The number of nitro groups is 1. The van der Waals surface area contributed by atoms with Crippen molar-refractivity contribution in [3.8, 4) is 0 Å². The zero-order valence-electron chi connectivity index (χ0n) is 7.23. The Morgan fingerprint density at radius 3 is 2.87 bits per heavy atom. The molecule has 0 unspecified atom stereocenters. The van der Waals surface area contributed by atoms with Crippen LogP contribution in [0.5, 0.6) is 0 Å². The topological polar surface area (TPSA) is 88.9 Å². The Balaban J connectivity index is 3.04. The Morgan fingerprint density at radius 1 is 1.47 bits per heavy atom. The van der Waals surface area contributed by atoms with Gasteiger partial charge in [-0.15, -0.1) is 0 Å². The molecule has 7 heteroatoms. The highest BCUT2D eigenvalue weighted by Crippen LogP contribution is 2.29. The maximum Gasteiger partial charge on any atom is 0.301 e. The van der Waals surface area contributed by atoms with Crippen LogP contribution >= 0.6 is 11.6 Å². The summed E-state index contributed by atoms with van der Waals surface area (Å²) in [4.78, 5) is 21.5. The van der Waals surface area contributed by atoms with Crippen molar-refractivity contribution in [2.45, 2.75) is 0 Å². The van der Waals surface area contributed by atoms with E-state index in [0.29, 0.717) is 5.52 Å². The maximum atomic E-state index is 11.4. The number of halogens is 1. The highest BCUT2D eigenvalue weighted by Gasteiger charge is 2.19. The molecule has 0 atom stereocenters. The van der Waals surface area contributed by atoms with Crippen LogP contribution in [0.1, 0.15) is 0 Å². The minimum Gasteiger partial charge on any atom is -0.287 e. The fourth-order valence-electron chi connectivity index (χ4n) is 1.31. The van der Waals surface area contributed by atoms with Gasteiger partial charge in [0, 0.05) is 0 Å². The first-order valence-electron chi connectivity index (χ1n) is 3.91. The predicted octanol–water partition coefficient (Wildman–Crippen LogP) is 1.48. The number of aromatic nitrogens is 2. The van der Waals surface area contributed by atoms with Crippen molar-refractivity contribution in [3.05, 3.63) is 43.7 Å². The minimum atomic E-state index is -0.681. The van der Waals surface area contributed by atoms with Gasteiger partial charge in [-0.25, -0.2) is 0 Å². The third kappa shape index (κ3) is 1.44. The zero-order chi connectivity index (χ0) is 11.0. The number of nitro benzene ring substituents is 1. The van der Waals surface area contributed by atoms with Crippen LogP contribution in [0.25, 0.3) is 10.9 Å². The molecule has 0 aliphatic rings. The highest BCUT2D eigenvalue weighted by molar-refractivity contribution is 6.34. The lowest BCUT2D eigenvalue weighted by atomic mass is 10.2. The molecule has 1 aromatic carbocycles. The standard InChI is InChI=1S/C8H4ClN3O3/c9-4-1-2-5-7(8(4)12(14)15)6(13)3-10-11-5/h1-3H,(H,11,13). The molecule has 0 fully saturated rings. The number of nitrogens with one attached hydrogen (secondary N) is 1. The molecule has 76 valence electrons. The molecule has 0 radical (unpaired) electrons. The summed E-state index contributed by atoms with van der Waals surface area (Å²) in [5, 5.41) is 16.7. The number of fused-ring (bicyclic) bond motifs is 1. The second kappa shape index (κ2) is 3.32. The summed E-state index contributed by atoms with van der Waals surface area (Å²) in [6.07, 6.45) is 0.978. The molecule has 0 saturated heterocycles. The molecule has 0 spiro atoms. The van der Waals surface area contributed by atoms with Crippen LogP contribution in [0.3, 0.4) is 0 Å². The molecule has 0 aliphatic carbocycles. The molecule has 0 bridgehead atoms. The Kier molecular flexibility index (Phi) is 2.12. The summed E-state index contributed by atoms with van der Waals surface area (Å²) in [6, 6.07) is 2.82. The molecule has 1 heterocycles. The minimum absolute atomic E-state index is 0.0532. The lowest BCUT2D eigenvalue weighted by molar-refractivity contribution is -0.383. The predicted molar refractivity (Wildman–Crippen MR) is 54.0 cm³/mol. The van der Waals surface area contributed by atoms with Crippen LogP contribution < -0.4 is 5.43 Å². The highest BCUT2D eigenvalue weighted by atomic mass is 35.5. The summed E-state index contributed by atoms with van der Waals surface area (Å²) in [6.45, 7) is 0. The van der Waals surface area contributed by atoms with Gasteiger partial charge in [-0.2, -0.15) is 5.10 Å². The lowest BCUT2D eigenvalue weighted by Crippen LogP contribution is -2.06. The van der Waals surface area contributed by atoms with Crippen LogP contribution in [0.2, 0.25) is 5.02 Å². The van der Waals surface area contributed by atoms with E-state index >= 15 is 0 Å². The number of H-pyrrole nitrogens is 1. The van der Waals surface area contributed by atoms with Crippen molar-refractivity contribution >= 4 is 28.2 Å². The molecule has 0 aliphatic heterocycles. The van der Waals surface area contributed by atoms with Gasteiger partial charge in [0.2, 0.25) is 5.43 Å². The number of benzene rings is 1. The van der Waals surface area contributed by atoms with Crippen molar-refractivity contribution in [1.82, 2.24) is 10.2 Å². The van der Waals surface area contributed by atoms with E-state index in [2.05, 4.69) is 10.2 Å². The van der Waals surface area contributed by atoms with Gasteiger partial charge in [0.15, 0.2) is 0 Å². The molecule has 15 heavy (non-hydrogen) atoms. The summed E-state index contributed by atoms with van der Waals surface area (Å²) < 4.78 is 0. The van der Waals surface area contributed by atoms with Crippen molar-refractivity contribution < 1.29 is 4.92 Å². The quantitative estimate of drug-likeness (QED) is 0.588. The molecule has 2 aromatic rings. The van der Waals surface area contributed by atoms with Gasteiger partial charge in [-0.1, -0.05) is 11.6 Å². The molecule has 0 amide bonds. The zero-order valence-corrected chi connectivity index (χ0v) is 7.99. The molecular weight excluding hydrogens is 222 g/mol. The van der Waals surface area contributed by atoms with Crippen molar-refractivity contribution in [1.29, 1.82) is 0 Å². The smallest absolute Gasteiger partial charge is 0.287 e. The van der Waals surface area contributed by atoms with Crippen LogP contribution in [0, 0.1) is 10.1 Å². The fourth-order valence-corrected chi connectivity index (χ4v) is 1.54. The van der Waals surface area contributed by atoms with E-state index < -0.39 is 16.0 Å². The molecule has 2 rings (SSSR count). The van der Waals surface area contributed by atoms with Gasteiger partial charge in [-0.3, -0.25) is 20.0 Å². The average molecular weight is 226 g/mol.